The van der Waals surface area contributed by atoms with Crippen LogP contribution in [0.15, 0.2) is 0 Å². The summed E-state index contributed by atoms with van der Waals surface area (Å²) in [6.07, 6.45) is 0. The number of aromatic nitrogens is 1. The van der Waals surface area contributed by atoms with Crippen molar-refractivity contribution in [1.82, 2.24) is 15.2 Å². The molecule has 0 radical (unpaired) electrons. The summed E-state index contributed by atoms with van der Waals surface area (Å²) < 4.78 is 0. The van der Waals surface area contributed by atoms with Gasteiger partial charge in [-0.15, -0.1) is 11.3 Å². The molecule has 0 saturated carbocycles. The largest absolute Gasteiger partial charge is 0.334 e. The average Bonchev–Trinajstić information content (AvgIpc) is 2.57. The lowest BCUT2D eigenvalue weighted by atomic mass is 10.2. The number of nitrogens with one attached hydrogen (secondary N) is 1. The van der Waals surface area contributed by atoms with Gasteiger partial charge in [0, 0.05) is 30.6 Å². The summed E-state index contributed by atoms with van der Waals surface area (Å²) in [5.41, 5.74) is 0.636. The number of amides is 1. The van der Waals surface area contributed by atoms with E-state index >= 15 is 0 Å². The van der Waals surface area contributed by atoms with Gasteiger partial charge in [0.25, 0.3) is 5.91 Å². The van der Waals surface area contributed by atoms with Gasteiger partial charge in [-0.2, -0.15) is 0 Å². The van der Waals surface area contributed by atoms with Crippen LogP contribution in [0.5, 0.6) is 0 Å². The van der Waals surface area contributed by atoms with E-state index in [1.54, 1.807) is 11.3 Å². The normalized spacial score (nSPS) is 21.2. The molecule has 88 valence electrons. The molecular weight excluding hydrogens is 222 g/mol. The van der Waals surface area contributed by atoms with E-state index in [9.17, 15) is 4.79 Å². The Bertz CT molecular complexity index is 402. The van der Waals surface area contributed by atoms with Gasteiger partial charge in [-0.25, -0.2) is 4.98 Å². The second-order valence-corrected chi connectivity index (χ2v) is 5.65. The Morgan fingerprint density at radius 3 is 2.88 bits per heavy atom. The fourth-order valence-electron chi connectivity index (χ4n) is 1.99. The zero-order valence-corrected chi connectivity index (χ0v) is 10.7. The molecule has 4 nitrogen and oxygen atoms in total. The molecule has 0 unspecified atom stereocenters. The lowest BCUT2D eigenvalue weighted by molar-refractivity contribution is 0.0703. The van der Waals surface area contributed by atoms with Gasteiger partial charge >= 0.3 is 0 Å². The number of aryl methyl sites for hydroxylation is 2. The van der Waals surface area contributed by atoms with Crippen molar-refractivity contribution in [1.29, 1.82) is 0 Å². The van der Waals surface area contributed by atoms with Crippen molar-refractivity contribution >= 4 is 17.2 Å². The minimum Gasteiger partial charge on any atom is -0.334 e. The Kier molecular flexibility index (Phi) is 3.25. The van der Waals surface area contributed by atoms with Crippen LogP contribution in [0.4, 0.5) is 0 Å². The van der Waals surface area contributed by atoms with Gasteiger partial charge in [0.05, 0.1) is 5.01 Å². The minimum absolute atomic E-state index is 0.0789. The van der Waals surface area contributed by atoms with E-state index in [4.69, 9.17) is 0 Å². The molecular formula is C11H17N3OS. The molecule has 2 rings (SSSR count). The van der Waals surface area contributed by atoms with Crippen molar-refractivity contribution in [3.05, 3.63) is 15.6 Å². The molecule has 1 saturated heterocycles. The van der Waals surface area contributed by atoms with E-state index in [0.717, 1.165) is 29.5 Å². The third kappa shape index (κ3) is 2.25. The monoisotopic (exact) mass is 239 g/mol. The molecule has 0 aromatic carbocycles. The first-order valence-corrected chi connectivity index (χ1v) is 6.36. The van der Waals surface area contributed by atoms with Gasteiger partial charge < -0.3 is 10.2 Å². The molecule has 1 aromatic rings. The first-order valence-electron chi connectivity index (χ1n) is 5.54. The van der Waals surface area contributed by atoms with Crippen LogP contribution in [0.25, 0.3) is 0 Å². The molecule has 1 N–H and O–H groups in total. The van der Waals surface area contributed by atoms with Crippen LogP contribution in [-0.2, 0) is 0 Å². The number of thiazole rings is 1. The molecule has 1 atom stereocenters. The zero-order chi connectivity index (χ0) is 11.7. The lowest BCUT2D eigenvalue weighted by Gasteiger charge is -2.31. The van der Waals surface area contributed by atoms with Gasteiger partial charge in [0.2, 0.25) is 0 Å². The van der Waals surface area contributed by atoms with Crippen molar-refractivity contribution in [2.45, 2.75) is 26.8 Å². The number of piperazine rings is 1. The van der Waals surface area contributed by atoms with Crippen molar-refractivity contribution in [2.24, 2.45) is 0 Å². The Morgan fingerprint density at radius 2 is 2.31 bits per heavy atom. The summed E-state index contributed by atoms with van der Waals surface area (Å²) in [5.74, 6) is 0.0789. The van der Waals surface area contributed by atoms with Crippen LogP contribution >= 0.6 is 11.3 Å². The number of hydrogen-bond acceptors (Lipinski definition) is 4. The highest BCUT2D eigenvalue weighted by atomic mass is 32.1. The van der Waals surface area contributed by atoms with Crippen LogP contribution in [0.1, 0.15) is 27.3 Å². The Morgan fingerprint density at radius 1 is 1.56 bits per heavy atom. The highest BCUT2D eigenvalue weighted by molar-refractivity contribution is 7.11. The molecule has 0 bridgehead atoms. The molecule has 1 amide bonds. The summed E-state index contributed by atoms with van der Waals surface area (Å²) in [4.78, 5) is 19.5. The minimum atomic E-state index is 0.0789. The highest BCUT2D eigenvalue weighted by Crippen LogP contribution is 2.18. The van der Waals surface area contributed by atoms with Crippen molar-refractivity contribution < 1.29 is 4.79 Å². The fourth-order valence-corrected chi connectivity index (χ4v) is 2.80. The molecule has 5 heteroatoms. The molecule has 2 heterocycles. The molecule has 1 aliphatic heterocycles. The van der Waals surface area contributed by atoms with Crippen LogP contribution in [0.2, 0.25) is 0 Å². The van der Waals surface area contributed by atoms with Gasteiger partial charge in [0.1, 0.15) is 5.69 Å². The first-order chi connectivity index (χ1) is 7.58. The van der Waals surface area contributed by atoms with Crippen LogP contribution in [0.3, 0.4) is 0 Å². The summed E-state index contributed by atoms with van der Waals surface area (Å²) >= 11 is 1.59. The topological polar surface area (TPSA) is 45.2 Å². The quantitative estimate of drug-likeness (QED) is 0.801. The predicted octanol–water partition coefficient (Wildman–Crippen LogP) is 1.19. The summed E-state index contributed by atoms with van der Waals surface area (Å²) in [7, 11) is 0. The van der Waals surface area contributed by atoms with E-state index in [1.165, 1.54) is 0 Å². The second-order valence-electron chi connectivity index (χ2n) is 4.24. The summed E-state index contributed by atoms with van der Waals surface area (Å²) in [6, 6.07) is 0.373. The Balaban J connectivity index is 2.15. The Hall–Kier alpha value is -0.940. The third-order valence-electron chi connectivity index (χ3n) is 2.76. The summed E-state index contributed by atoms with van der Waals surface area (Å²) in [6.45, 7) is 8.42. The molecule has 1 fully saturated rings. The number of hydrogen-bond donors (Lipinski definition) is 1. The van der Waals surface area contributed by atoms with E-state index in [-0.39, 0.29) is 5.91 Å². The number of carbonyl (C=O) groups excluding carboxylic acids is 1. The smallest absolute Gasteiger partial charge is 0.273 e. The van der Waals surface area contributed by atoms with Gasteiger partial charge in [0.15, 0.2) is 0 Å². The number of carbonyl (C=O) groups is 1. The van der Waals surface area contributed by atoms with Crippen LogP contribution in [0, 0.1) is 13.8 Å². The van der Waals surface area contributed by atoms with E-state index < -0.39 is 0 Å². The maximum Gasteiger partial charge on any atom is 0.273 e. The second kappa shape index (κ2) is 4.51. The molecule has 1 aliphatic rings. The molecule has 0 aliphatic carbocycles. The molecule has 1 aromatic heterocycles. The summed E-state index contributed by atoms with van der Waals surface area (Å²) in [5, 5.41) is 4.29. The Labute approximate surface area is 99.7 Å². The third-order valence-corrected chi connectivity index (χ3v) is 3.65. The highest BCUT2D eigenvalue weighted by Gasteiger charge is 2.24. The first kappa shape index (κ1) is 11.5. The maximum atomic E-state index is 12.2. The number of rotatable bonds is 1. The maximum absolute atomic E-state index is 12.2. The van der Waals surface area contributed by atoms with Crippen molar-refractivity contribution in [3.63, 3.8) is 0 Å². The molecule has 16 heavy (non-hydrogen) atoms. The molecule has 0 spiro atoms. The van der Waals surface area contributed by atoms with Gasteiger partial charge in [-0.3, -0.25) is 4.79 Å². The van der Waals surface area contributed by atoms with E-state index in [2.05, 4.69) is 17.2 Å². The van der Waals surface area contributed by atoms with Crippen molar-refractivity contribution in [3.8, 4) is 0 Å². The van der Waals surface area contributed by atoms with E-state index in [0.29, 0.717) is 11.7 Å². The van der Waals surface area contributed by atoms with Crippen LogP contribution in [-0.4, -0.2) is 41.5 Å². The standard InChI is InChI=1S/C11H17N3OS/c1-7-6-14(5-4-12-7)11(15)10-8(2)16-9(3)13-10/h7,12H,4-6H2,1-3H3/t7-/m1/s1. The lowest BCUT2D eigenvalue weighted by Crippen LogP contribution is -2.51. The number of nitrogens with zero attached hydrogens (tertiary/aromatic N) is 2. The van der Waals surface area contributed by atoms with Crippen LogP contribution < -0.4 is 5.32 Å². The van der Waals surface area contributed by atoms with Gasteiger partial charge in [-0.1, -0.05) is 0 Å². The SMILES string of the molecule is Cc1nc(C(=O)N2CCN[C@H](C)C2)c(C)s1. The average molecular weight is 239 g/mol. The van der Waals surface area contributed by atoms with E-state index in [1.807, 2.05) is 18.7 Å². The van der Waals surface area contributed by atoms with Gasteiger partial charge in [-0.05, 0) is 20.8 Å². The predicted molar refractivity (Wildman–Crippen MR) is 65.0 cm³/mol. The van der Waals surface area contributed by atoms with Crippen molar-refractivity contribution in [2.75, 3.05) is 19.6 Å². The fraction of sp³-hybridized carbons (Fsp3) is 0.636. The zero-order valence-electron chi connectivity index (χ0n) is 9.91.